The first kappa shape index (κ1) is 13.6. The maximum absolute atomic E-state index is 6.04. The van der Waals surface area contributed by atoms with Crippen molar-refractivity contribution in [2.75, 3.05) is 5.73 Å². The molecule has 3 rings (SSSR count). The van der Waals surface area contributed by atoms with Crippen molar-refractivity contribution < 1.29 is 0 Å². The van der Waals surface area contributed by atoms with Crippen molar-refractivity contribution in [3.63, 3.8) is 0 Å². The molecule has 0 unspecified atom stereocenters. The molecule has 21 heavy (non-hydrogen) atoms. The van der Waals surface area contributed by atoms with E-state index in [1.807, 2.05) is 18.2 Å². The zero-order valence-corrected chi connectivity index (χ0v) is 12.2. The van der Waals surface area contributed by atoms with E-state index in [1.54, 1.807) is 16.8 Å². The van der Waals surface area contributed by atoms with Gasteiger partial charge in [-0.05, 0) is 41.1 Å². The van der Waals surface area contributed by atoms with Gasteiger partial charge < -0.3 is 5.73 Å². The van der Waals surface area contributed by atoms with Gasteiger partial charge in [-0.3, -0.25) is 0 Å². The monoisotopic (exact) mass is 299 g/mol. The minimum absolute atomic E-state index is 0.565. The van der Waals surface area contributed by atoms with Crippen molar-refractivity contribution in [2.45, 2.75) is 13.5 Å². The third-order valence-electron chi connectivity index (χ3n) is 3.13. The van der Waals surface area contributed by atoms with Gasteiger partial charge in [-0.15, -0.1) is 5.10 Å². The molecule has 0 radical (unpaired) electrons. The van der Waals surface area contributed by atoms with E-state index < -0.39 is 0 Å². The number of anilines is 1. The number of aromatic nitrogens is 4. The molecule has 2 aromatic carbocycles. The molecule has 0 fully saturated rings. The Labute approximate surface area is 127 Å². The van der Waals surface area contributed by atoms with Crippen LogP contribution in [-0.2, 0) is 6.54 Å². The highest BCUT2D eigenvalue weighted by Gasteiger charge is 2.11. The van der Waals surface area contributed by atoms with Gasteiger partial charge in [0.05, 0.1) is 6.54 Å². The van der Waals surface area contributed by atoms with Gasteiger partial charge in [0.15, 0.2) is 5.82 Å². The summed E-state index contributed by atoms with van der Waals surface area (Å²) in [6.45, 7) is 2.65. The molecule has 5 nitrogen and oxygen atoms in total. The van der Waals surface area contributed by atoms with Gasteiger partial charge in [0, 0.05) is 16.3 Å². The average molecular weight is 300 g/mol. The zero-order valence-electron chi connectivity index (χ0n) is 11.5. The quantitative estimate of drug-likeness (QED) is 0.755. The van der Waals surface area contributed by atoms with Crippen LogP contribution in [-0.4, -0.2) is 20.2 Å². The van der Waals surface area contributed by atoms with Gasteiger partial charge in [-0.2, -0.15) is 0 Å². The van der Waals surface area contributed by atoms with Crippen LogP contribution in [0.25, 0.3) is 11.4 Å². The lowest BCUT2D eigenvalue weighted by atomic mass is 10.1. The van der Waals surface area contributed by atoms with Crippen LogP contribution in [0.2, 0.25) is 5.02 Å². The summed E-state index contributed by atoms with van der Waals surface area (Å²) in [7, 11) is 0. The second kappa shape index (κ2) is 5.54. The number of hydrogen-bond acceptors (Lipinski definition) is 4. The van der Waals surface area contributed by atoms with Gasteiger partial charge >= 0.3 is 0 Å². The lowest BCUT2D eigenvalue weighted by Gasteiger charge is -2.07. The molecule has 0 saturated carbocycles. The molecule has 3 aromatic rings. The molecule has 0 saturated heterocycles. The first-order valence-electron chi connectivity index (χ1n) is 6.50. The predicted molar refractivity (Wildman–Crippen MR) is 83.0 cm³/mol. The van der Waals surface area contributed by atoms with Crippen molar-refractivity contribution >= 4 is 17.3 Å². The van der Waals surface area contributed by atoms with Crippen LogP contribution >= 0.6 is 11.6 Å². The Morgan fingerprint density at radius 2 is 2.05 bits per heavy atom. The molecule has 0 aliphatic rings. The second-order valence-electron chi connectivity index (χ2n) is 4.92. The third kappa shape index (κ3) is 3.03. The summed E-state index contributed by atoms with van der Waals surface area (Å²) in [4.78, 5) is 0. The number of aryl methyl sites for hydroxylation is 1. The molecule has 1 aromatic heterocycles. The van der Waals surface area contributed by atoms with Crippen molar-refractivity contribution in [1.82, 2.24) is 20.2 Å². The Morgan fingerprint density at radius 3 is 2.81 bits per heavy atom. The lowest BCUT2D eigenvalue weighted by Crippen LogP contribution is -2.04. The van der Waals surface area contributed by atoms with Crippen LogP contribution in [0.1, 0.15) is 11.1 Å². The zero-order chi connectivity index (χ0) is 14.8. The topological polar surface area (TPSA) is 69.6 Å². The number of benzene rings is 2. The number of tetrazole rings is 1. The molecule has 0 aliphatic carbocycles. The highest BCUT2D eigenvalue weighted by atomic mass is 35.5. The summed E-state index contributed by atoms with van der Waals surface area (Å²) in [6.07, 6.45) is 0. The van der Waals surface area contributed by atoms with Crippen molar-refractivity contribution in [3.05, 3.63) is 58.6 Å². The van der Waals surface area contributed by atoms with Crippen LogP contribution < -0.4 is 5.73 Å². The Balaban J connectivity index is 1.97. The summed E-state index contributed by atoms with van der Waals surface area (Å²) in [5.74, 6) is 0.644. The Morgan fingerprint density at radius 1 is 1.19 bits per heavy atom. The fraction of sp³-hybridized carbons (Fsp3) is 0.133. The molecule has 6 heteroatoms. The van der Waals surface area contributed by atoms with Gasteiger partial charge in [0.1, 0.15) is 0 Å². The fourth-order valence-corrected chi connectivity index (χ4v) is 2.49. The van der Waals surface area contributed by atoms with E-state index in [-0.39, 0.29) is 0 Å². The molecule has 0 atom stereocenters. The highest BCUT2D eigenvalue weighted by molar-refractivity contribution is 6.31. The molecule has 0 aliphatic heterocycles. The predicted octanol–water partition coefficient (Wildman–Crippen LogP) is 2.93. The van der Waals surface area contributed by atoms with Crippen LogP contribution in [0.15, 0.2) is 42.5 Å². The van der Waals surface area contributed by atoms with Crippen molar-refractivity contribution in [3.8, 4) is 11.4 Å². The largest absolute Gasteiger partial charge is 0.399 e. The van der Waals surface area contributed by atoms with E-state index in [9.17, 15) is 0 Å². The molecular formula is C15H14ClN5. The first-order valence-corrected chi connectivity index (χ1v) is 6.88. The highest BCUT2D eigenvalue weighted by Crippen LogP contribution is 2.24. The molecule has 106 valence electrons. The number of hydrogen-bond donors (Lipinski definition) is 1. The molecule has 2 N–H and O–H groups in total. The number of nitrogens with zero attached hydrogens (tertiary/aromatic N) is 4. The number of rotatable bonds is 3. The van der Waals surface area contributed by atoms with E-state index in [4.69, 9.17) is 17.3 Å². The second-order valence-corrected chi connectivity index (χ2v) is 5.36. The van der Waals surface area contributed by atoms with Gasteiger partial charge in [-0.25, -0.2) is 4.68 Å². The summed E-state index contributed by atoms with van der Waals surface area (Å²) in [6, 6.07) is 13.5. The summed E-state index contributed by atoms with van der Waals surface area (Å²) < 4.78 is 1.74. The maximum Gasteiger partial charge on any atom is 0.182 e. The van der Waals surface area contributed by atoms with Crippen LogP contribution in [0, 0.1) is 6.92 Å². The van der Waals surface area contributed by atoms with Crippen LogP contribution in [0.4, 0.5) is 5.69 Å². The Bertz CT molecular complexity index is 761. The van der Waals surface area contributed by atoms with Crippen molar-refractivity contribution in [2.24, 2.45) is 0 Å². The average Bonchev–Trinajstić information content (AvgIpc) is 2.85. The molecule has 0 spiro atoms. The van der Waals surface area contributed by atoms with Gasteiger partial charge in [0.25, 0.3) is 0 Å². The van der Waals surface area contributed by atoms with E-state index in [1.165, 1.54) is 5.56 Å². The normalized spacial score (nSPS) is 10.8. The standard InChI is InChI=1S/C15H14ClN5/c1-10-3-2-4-11(5-10)9-21-15(18-19-20-21)12-6-13(16)8-14(17)7-12/h2-8H,9,17H2,1H3. The summed E-state index contributed by atoms with van der Waals surface area (Å²) in [5.41, 5.74) is 9.56. The number of nitrogens with two attached hydrogens (primary N) is 1. The minimum atomic E-state index is 0.565. The molecular weight excluding hydrogens is 286 g/mol. The van der Waals surface area contributed by atoms with Crippen LogP contribution in [0.3, 0.4) is 0 Å². The van der Waals surface area contributed by atoms with E-state index in [0.29, 0.717) is 23.1 Å². The molecule has 1 heterocycles. The minimum Gasteiger partial charge on any atom is -0.399 e. The van der Waals surface area contributed by atoms with Gasteiger partial charge in [0.2, 0.25) is 0 Å². The van der Waals surface area contributed by atoms with Crippen molar-refractivity contribution in [1.29, 1.82) is 0 Å². The van der Waals surface area contributed by atoms with Gasteiger partial charge in [-0.1, -0.05) is 41.4 Å². The summed E-state index contributed by atoms with van der Waals surface area (Å²) >= 11 is 6.04. The van der Waals surface area contributed by atoms with E-state index in [2.05, 4.69) is 34.6 Å². The fourth-order valence-electron chi connectivity index (χ4n) is 2.24. The first-order chi connectivity index (χ1) is 10.1. The third-order valence-corrected chi connectivity index (χ3v) is 3.34. The number of halogens is 1. The van der Waals surface area contributed by atoms with E-state index in [0.717, 1.165) is 11.1 Å². The maximum atomic E-state index is 6.04. The molecule has 0 amide bonds. The number of nitrogen functional groups attached to an aromatic ring is 1. The lowest BCUT2D eigenvalue weighted by molar-refractivity contribution is 0.653. The van der Waals surface area contributed by atoms with E-state index >= 15 is 0 Å². The molecule has 0 bridgehead atoms. The SMILES string of the molecule is Cc1cccc(Cn2nnnc2-c2cc(N)cc(Cl)c2)c1. The Hall–Kier alpha value is -2.40. The Kier molecular flexibility index (Phi) is 3.58. The summed E-state index contributed by atoms with van der Waals surface area (Å²) in [5, 5.41) is 12.4. The van der Waals surface area contributed by atoms with Crippen LogP contribution in [0.5, 0.6) is 0 Å². The smallest absolute Gasteiger partial charge is 0.182 e.